The number of nitrogens with one attached hydrogen (secondary N) is 1. The number of pyridine rings is 1. The lowest BCUT2D eigenvalue weighted by molar-refractivity contribution is 0.0565. The number of carbonyl (C=O) groups is 1. The molecular weight excluding hydrogens is 242 g/mol. The molecule has 0 unspecified atom stereocenters. The maximum Gasteiger partial charge on any atom is 0.322 e. The van der Waals surface area contributed by atoms with Gasteiger partial charge in [-0.3, -0.25) is 4.98 Å². The van der Waals surface area contributed by atoms with Crippen molar-refractivity contribution in [3.8, 4) is 0 Å². The number of hydrogen-bond donors (Lipinski definition) is 1. The number of amides is 2. The lowest BCUT2D eigenvalue weighted by Gasteiger charge is -2.27. The molecule has 1 saturated heterocycles. The van der Waals surface area contributed by atoms with Gasteiger partial charge in [-0.15, -0.1) is 0 Å². The average molecular weight is 257 g/mol. The number of hydrogen-bond acceptors (Lipinski definition) is 3. The van der Waals surface area contributed by atoms with Gasteiger partial charge in [-0.25, -0.2) is 4.79 Å². The number of ether oxygens (including phenoxy) is 1. The van der Waals surface area contributed by atoms with E-state index in [1.54, 1.807) is 17.3 Å². The third kappa shape index (κ3) is 2.51. The van der Waals surface area contributed by atoms with Crippen molar-refractivity contribution in [1.82, 2.24) is 9.88 Å². The van der Waals surface area contributed by atoms with Gasteiger partial charge in [0.1, 0.15) is 0 Å². The van der Waals surface area contributed by atoms with Crippen LogP contribution in [0.3, 0.4) is 0 Å². The Hall–Kier alpha value is -2.14. The number of anilines is 1. The van der Waals surface area contributed by atoms with Crippen LogP contribution in [0.15, 0.2) is 36.7 Å². The van der Waals surface area contributed by atoms with Crippen LogP contribution in [0.2, 0.25) is 0 Å². The van der Waals surface area contributed by atoms with Gasteiger partial charge in [-0.2, -0.15) is 0 Å². The lowest BCUT2D eigenvalue weighted by Crippen LogP contribution is -2.43. The van der Waals surface area contributed by atoms with E-state index in [-0.39, 0.29) is 6.03 Å². The second kappa shape index (κ2) is 5.24. The van der Waals surface area contributed by atoms with Crippen molar-refractivity contribution in [2.75, 3.05) is 31.6 Å². The zero-order valence-corrected chi connectivity index (χ0v) is 10.5. The molecule has 2 heterocycles. The smallest absolute Gasteiger partial charge is 0.322 e. The fraction of sp³-hybridized carbons (Fsp3) is 0.286. The molecule has 0 bridgehead atoms. The minimum absolute atomic E-state index is 0.0763. The molecule has 1 fully saturated rings. The summed E-state index contributed by atoms with van der Waals surface area (Å²) in [7, 11) is 0. The van der Waals surface area contributed by atoms with Crippen LogP contribution in [0.1, 0.15) is 0 Å². The number of fused-ring (bicyclic) bond motifs is 1. The molecule has 0 aliphatic carbocycles. The van der Waals surface area contributed by atoms with E-state index in [9.17, 15) is 4.79 Å². The maximum atomic E-state index is 12.2. The molecule has 98 valence electrons. The van der Waals surface area contributed by atoms with E-state index < -0.39 is 0 Å². The van der Waals surface area contributed by atoms with E-state index >= 15 is 0 Å². The zero-order chi connectivity index (χ0) is 13.1. The number of urea groups is 1. The molecule has 5 heteroatoms. The Morgan fingerprint density at radius 1 is 1.26 bits per heavy atom. The topological polar surface area (TPSA) is 54.5 Å². The Balaban J connectivity index is 1.82. The van der Waals surface area contributed by atoms with Crippen LogP contribution < -0.4 is 5.32 Å². The summed E-state index contributed by atoms with van der Waals surface area (Å²) in [6.45, 7) is 2.48. The van der Waals surface area contributed by atoms with E-state index in [1.807, 2.05) is 24.3 Å². The molecule has 5 nitrogen and oxygen atoms in total. The minimum atomic E-state index is -0.0763. The Kier molecular flexibility index (Phi) is 3.29. The van der Waals surface area contributed by atoms with E-state index in [4.69, 9.17) is 4.74 Å². The molecule has 2 aromatic rings. The van der Waals surface area contributed by atoms with Gasteiger partial charge in [-0.1, -0.05) is 12.1 Å². The van der Waals surface area contributed by atoms with E-state index in [2.05, 4.69) is 10.3 Å². The summed E-state index contributed by atoms with van der Waals surface area (Å²) in [5.74, 6) is 0. The van der Waals surface area contributed by atoms with Crippen molar-refractivity contribution >= 4 is 22.5 Å². The average Bonchev–Trinajstić information content (AvgIpc) is 2.48. The Bertz CT molecular complexity index is 589. The van der Waals surface area contributed by atoms with Gasteiger partial charge in [0.05, 0.1) is 18.9 Å². The van der Waals surface area contributed by atoms with Crippen LogP contribution >= 0.6 is 0 Å². The van der Waals surface area contributed by atoms with Gasteiger partial charge in [0.15, 0.2) is 0 Å². The minimum Gasteiger partial charge on any atom is -0.378 e. The quantitative estimate of drug-likeness (QED) is 0.851. The normalized spacial score (nSPS) is 15.5. The van der Waals surface area contributed by atoms with Crippen LogP contribution in [-0.2, 0) is 4.74 Å². The molecule has 1 aromatic carbocycles. The predicted octanol–water partition coefficient (Wildman–Crippen LogP) is 2.10. The lowest BCUT2D eigenvalue weighted by atomic mass is 10.1. The second-order valence-corrected chi connectivity index (χ2v) is 4.43. The maximum absolute atomic E-state index is 12.2. The molecule has 0 saturated carbocycles. The number of morpholine rings is 1. The van der Waals surface area contributed by atoms with Gasteiger partial charge in [0, 0.05) is 36.3 Å². The first-order chi connectivity index (χ1) is 9.34. The highest BCUT2D eigenvalue weighted by Crippen LogP contribution is 2.22. The Morgan fingerprint density at radius 2 is 2.11 bits per heavy atom. The molecule has 3 rings (SSSR count). The van der Waals surface area contributed by atoms with Crippen molar-refractivity contribution < 1.29 is 9.53 Å². The monoisotopic (exact) mass is 257 g/mol. The van der Waals surface area contributed by atoms with Gasteiger partial charge in [0.2, 0.25) is 0 Å². The van der Waals surface area contributed by atoms with Crippen molar-refractivity contribution in [1.29, 1.82) is 0 Å². The molecule has 1 aromatic heterocycles. The Labute approximate surface area is 111 Å². The van der Waals surface area contributed by atoms with Crippen molar-refractivity contribution in [3.63, 3.8) is 0 Å². The van der Waals surface area contributed by atoms with E-state index in [1.165, 1.54) is 0 Å². The van der Waals surface area contributed by atoms with Crippen LogP contribution in [0.5, 0.6) is 0 Å². The molecule has 1 aliphatic heterocycles. The van der Waals surface area contributed by atoms with E-state index in [0.29, 0.717) is 26.3 Å². The first-order valence-corrected chi connectivity index (χ1v) is 6.31. The fourth-order valence-corrected chi connectivity index (χ4v) is 2.19. The molecule has 0 atom stereocenters. The van der Waals surface area contributed by atoms with Crippen LogP contribution in [0.4, 0.5) is 10.5 Å². The van der Waals surface area contributed by atoms with Gasteiger partial charge >= 0.3 is 6.03 Å². The zero-order valence-electron chi connectivity index (χ0n) is 10.5. The van der Waals surface area contributed by atoms with Crippen LogP contribution in [0, 0.1) is 0 Å². The predicted molar refractivity (Wildman–Crippen MR) is 73.2 cm³/mol. The highest BCUT2D eigenvalue weighted by atomic mass is 16.5. The fourth-order valence-electron chi connectivity index (χ4n) is 2.19. The second-order valence-electron chi connectivity index (χ2n) is 4.43. The first kappa shape index (κ1) is 11.9. The molecule has 1 aliphatic rings. The molecule has 1 N–H and O–H groups in total. The number of rotatable bonds is 1. The van der Waals surface area contributed by atoms with Crippen LogP contribution in [-0.4, -0.2) is 42.2 Å². The summed E-state index contributed by atoms with van der Waals surface area (Å²) in [6, 6.07) is 7.63. The number of aromatic nitrogens is 1. The van der Waals surface area contributed by atoms with Crippen LogP contribution in [0.25, 0.3) is 10.8 Å². The van der Waals surface area contributed by atoms with E-state index in [0.717, 1.165) is 16.5 Å². The summed E-state index contributed by atoms with van der Waals surface area (Å²) in [5, 5.41) is 4.97. The van der Waals surface area contributed by atoms with Crippen molar-refractivity contribution in [3.05, 3.63) is 36.7 Å². The van der Waals surface area contributed by atoms with Crippen molar-refractivity contribution in [2.45, 2.75) is 0 Å². The highest BCUT2D eigenvalue weighted by molar-refractivity contribution is 6.01. The molecule has 0 spiro atoms. The summed E-state index contributed by atoms with van der Waals surface area (Å²) in [4.78, 5) is 18.0. The number of carbonyl (C=O) groups excluding carboxylic acids is 1. The third-order valence-corrected chi connectivity index (χ3v) is 3.22. The number of benzene rings is 1. The Morgan fingerprint density at radius 3 is 2.95 bits per heavy atom. The summed E-state index contributed by atoms with van der Waals surface area (Å²) < 4.78 is 5.24. The van der Waals surface area contributed by atoms with Gasteiger partial charge in [-0.05, 0) is 12.1 Å². The summed E-state index contributed by atoms with van der Waals surface area (Å²) in [6.07, 6.45) is 3.52. The largest absolute Gasteiger partial charge is 0.378 e. The van der Waals surface area contributed by atoms with Crippen molar-refractivity contribution in [2.24, 2.45) is 0 Å². The summed E-state index contributed by atoms with van der Waals surface area (Å²) >= 11 is 0. The first-order valence-electron chi connectivity index (χ1n) is 6.31. The molecule has 0 radical (unpaired) electrons. The highest BCUT2D eigenvalue weighted by Gasteiger charge is 2.17. The molecular formula is C14H15N3O2. The SMILES string of the molecule is O=C(Nc1cccc2cnccc12)N1CCOCC1. The number of nitrogens with zero attached hydrogens (tertiary/aromatic N) is 2. The molecule has 19 heavy (non-hydrogen) atoms. The van der Waals surface area contributed by atoms with Gasteiger partial charge < -0.3 is 15.0 Å². The molecule has 2 amide bonds. The third-order valence-electron chi connectivity index (χ3n) is 3.22. The summed E-state index contributed by atoms with van der Waals surface area (Å²) in [5.41, 5.74) is 0.816. The van der Waals surface area contributed by atoms with Gasteiger partial charge in [0.25, 0.3) is 0 Å². The standard InChI is InChI=1S/C14H15N3O2/c18-14(17-6-8-19-9-7-17)16-13-3-1-2-11-10-15-5-4-12(11)13/h1-5,10H,6-9H2,(H,16,18).